The van der Waals surface area contributed by atoms with Gasteiger partial charge in [0.15, 0.2) is 0 Å². The summed E-state index contributed by atoms with van der Waals surface area (Å²) in [4.78, 5) is 0. The van der Waals surface area contributed by atoms with Gasteiger partial charge in [0.1, 0.15) is 8.96 Å². The molecule has 0 N–H and O–H groups in total. The zero-order valence-electron chi connectivity index (χ0n) is 10.4. The van der Waals surface area contributed by atoms with Gasteiger partial charge in [0, 0.05) is 12.1 Å². The molecule has 0 aromatic heterocycles. The first-order chi connectivity index (χ1) is 6.70. The third-order valence-electron chi connectivity index (χ3n) is 3.95. The highest BCUT2D eigenvalue weighted by molar-refractivity contribution is 6.56. The van der Waals surface area contributed by atoms with Crippen LogP contribution in [0.15, 0.2) is 0 Å². The lowest BCUT2D eigenvalue weighted by atomic mass is 10.2. The molecule has 1 nitrogen and oxygen atoms in total. The Bertz CT molecular complexity index is 144. The Hall–Kier alpha value is 0.177. The molecule has 0 radical (unpaired) electrons. The van der Waals surface area contributed by atoms with Gasteiger partial charge in [-0.2, -0.15) is 0 Å². The molecule has 0 aromatic carbocycles. The van der Waals surface area contributed by atoms with Crippen LogP contribution in [0.25, 0.3) is 0 Å². The molecule has 0 aliphatic carbocycles. The van der Waals surface area contributed by atoms with Gasteiger partial charge in [-0.25, -0.2) is 0 Å². The second kappa shape index (κ2) is 5.91. The van der Waals surface area contributed by atoms with Crippen molar-refractivity contribution in [3.8, 4) is 0 Å². The first-order valence-electron chi connectivity index (χ1n) is 6.48. The van der Waals surface area contributed by atoms with Crippen molar-refractivity contribution in [2.24, 2.45) is 0 Å². The zero-order chi connectivity index (χ0) is 10.6. The molecular weight excluding hydrogens is 186 g/mol. The Morgan fingerprint density at radius 1 is 1.00 bits per heavy atom. The molecular formula is C12H27NSi. The molecule has 14 heavy (non-hydrogen) atoms. The normalized spacial score (nSPS) is 22.9. The molecule has 1 fully saturated rings. The summed E-state index contributed by atoms with van der Waals surface area (Å²) < 4.78 is 2.92. The van der Waals surface area contributed by atoms with E-state index in [1.54, 1.807) is 12.1 Å². The number of hydrogen-bond donors (Lipinski definition) is 0. The average Bonchev–Trinajstić information content (AvgIpc) is 2.70. The molecule has 0 aromatic rings. The minimum absolute atomic E-state index is 0.514. The summed E-state index contributed by atoms with van der Waals surface area (Å²) >= 11 is 0. The SMILES string of the molecule is CCC(C)N(C(C)CC)[SiH]1CCCC1. The lowest BCUT2D eigenvalue weighted by Gasteiger charge is -2.38. The van der Waals surface area contributed by atoms with Gasteiger partial charge in [0.25, 0.3) is 0 Å². The van der Waals surface area contributed by atoms with Gasteiger partial charge in [0.05, 0.1) is 0 Å². The van der Waals surface area contributed by atoms with Crippen molar-refractivity contribution in [2.75, 3.05) is 0 Å². The quantitative estimate of drug-likeness (QED) is 0.633. The van der Waals surface area contributed by atoms with Crippen molar-refractivity contribution in [3.63, 3.8) is 0 Å². The lowest BCUT2D eigenvalue weighted by molar-refractivity contribution is 0.260. The standard InChI is InChI=1S/C12H27NSi/c1-5-11(3)13(12(4)6-2)14-9-7-8-10-14/h11-12,14H,5-10H2,1-4H3. The lowest BCUT2D eigenvalue weighted by Crippen LogP contribution is -2.48. The predicted octanol–water partition coefficient (Wildman–Crippen LogP) is 3.40. The zero-order valence-corrected chi connectivity index (χ0v) is 11.6. The number of nitrogens with zero attached hydrogens (tertiary/aromatic N) is 1. The minimum atomic E-state index is -0.514. The maximum Gasteiger partial charge on any atom is 0.112 e. The van der Waals surface area contributed by atoms with E-state index in [4.69, 9.17) is 0 Å². The van der Waals surface area contributed by atoms with Gasteiger partial charge in [-0.05, 0) is 24.9 Å². The van der Waals surface area contributed by atoms with Crippen LogP contribution in [-0.2, 0) is 0 Å². The maximum absolute atomic E-state index is 2.92. The fraction of sp³-hybridized carbons (Fsp3) is 1.00. The van der Waals surface area contributed by atoms with Crippen molar-refractivity contribution in [1.82, 2.24) is 4.57 Å². The van der Waals surface area contributed by atoms with Crippen LogP contribution in [0.4, 0.5) is 0 Å². The van der Waals surface area contributed by atoms with Crippen LogP contribution in [0.5, 0.6) is 0 Å². The summed E-state index contributed by atoms with van der Waals surface area (Å²) in [5, 5.41) is 0. The van der Waals surface area contributed by atoms with E-state index >= 15 is 0 Å². The molecule has 2 unspecified atom stereocenters. The van der Waals surface area contributed by atoms with Crippen LogP contribution in [0.3, 0.4) is 0 Å². The summed E-state index contributed by atoms with van der Waals surface area (Å²) in [6, 6.07) is 4.82. The second-order valence-electron chi connectivity index (χ2n) is 4.90. The van der Waals surface area contributed by atoms with Crippen LogP contribution in [-0.4, -0.2) is 25.6 Å². The molecule has 84 valence electrons. The largest absolute Gasteiger partial charge is 0.321 e. The smallest absolute Gasteiger partial charge is 0.112 e. The summed E-state index contributed by atoms with van der Waals surface area (Å²) in [6.07, 6.45) is 5.68. The first-order valence-corrected chi connectivity index (χ1v) is 8.63. The second-order valence-corrected chi connectivity index (χ2v) is 7.96. The van der Waals surface area contributed by atoms with Gasteiger partial charge in [-0.15, -0.1) is 0 Å². The van der Waals surface area contributed by atoms with E-state index in [-0.39, 0.29) is 0 Å². The van der Waals surface area contributed by atoms with Gasteiger partial charge >= 0.3 is 0 Å². The van der Waals surface area contributed by atoms with E-state index in [9.17, 15) is 0 Å². The van der Waals surface area contributed by atoms with E-state index in [0.717, 1.165) is 12.1 Å². The maximum atomic E-state index is 2.92. The van der Waals surface area contributed by atoms with Crippen molar-refractivity contribution in [1.29, 1.82) is 0 Å². The monoisotopic (exact) mass is 213 g/mol. The highest BCUT2D eigenvalue weighted by Crippen LogP contribution is 2.27. The fourth-order valence-electron chi connectivity index (χ4n) is 2.78. The molecule has 2 atom stereocenters. The molecule has 1 saturated heterocycles. The molecule has 0 amide bonds. The minimum Gasteiger partial charge on any atom is -0.321 e. The van der Waals surface area contributed by atoms with Crippen LogP contribution in [0, 0.1) is 0 Å². The van der Waals surface area contributed by atoms with E-state index in [2.05, 4.69) is 32.3 Å². The van der Waals surface area contributed by atoms with Gasteiger partial charge in [-0.3, -0.25) is 0 Å². The van der Waals surface area contributed by atoms with E-state index in [1.807, 2.05) is 0 Å². The fourth-order valence-corrected chi connectivity index (χ4v) is 7.04. The third-order valence-corrected chi connectivity index (χ3v) is 7.96. The van der Waals surface area contributed by atoms with Gasteiger partial charge in [0.2, 0.25) is 0 Å². The number of rotatable bonds is 5. The summed E-state index contributed by atoms with van der Waals surface area (Å²) in [6.45, 7) is 9.53. The van der Waals surface area contributed by atoms with Crippen molar-refractivity contribution in [2.45, 2.75) is 77.6 Å². The van der Waals surface area contributed by atoms with Crippen LogP contribution in [0.1, 0.15) is 53.4 Å². The predicted molar refractivity (Wildman–Crippen MR) is 67.3 cm³/mol. The van der Waals surface area contributed by atoms with Crippen molar-refractivity contribution < 1.29 is 0 Å². The van der Waals surface area contributed by atoms with E-state index < -0.39 is 8.96 Å². The molecule has 1 aliphatic rings. The Labute approximate surface area is 91.6 Å². The Morgan fingerprint density at radius 3 is 1.79 bits per heavy atom. The van der Waals surface area contributed by atoms with Gasteiger partial charge in [-0.1, -0.05) is 40.5 Å². The highest BCUT2D eigenvalue weighted by Gasteiger charge is 2.29. The first kappa shape index (κ1) is 12.2. The molecule has 1 aliphatic heterocycles. The molecule has 2 heteroatoms. The summed E-state index contributed by atoms with van der Waals surface area (Å²) in [5.74, 6) is 0. The third kappa shape index (κ3) is 2.83. The van der Waals surface area contributed by atoms with Crippen LogP contribution in [0.2, 0.25) is 12.1 Å². The molecule has 0 saturated carbocycles. The van der Waals surface area contributed by atoms with Crippen LogP contribution >= 0.6 is 0 Å². The Morgan fingerprint density at radius 2 is 1.43 bits per heavy atom. The summed E-state index contributed by atoms with van der Waals surface area (Å²) in [5.41, 5.74) is 0. The van der Waals surface area contributed by atoms with Crippen LogP contribution < -0.4 is 0 Å². The van der Waals surface area contributed by atoms with Gasteiger partial charge < -0.3 is 4.57 Å². The highest BCUT2D eigenvalue weighted by atomic mass is 28.3. The molecule has 1 heterocycles. The Balaban J connectivity index is 2.59. The molecule has 0 bridgehead atoms. The summed E-state index contributed by atoms with van der Waals surface area (Å²) in [7, 11) is -0.514. The molecule has 0 spiro atoms. The molecule has 1 rings (SSSR count). The number of hydrogen-bond acceptors (Lipinski definition) is 1. The van der Waals surface area contributed by atoms with Crippen molar-refractivity contribution >= 4 is 8.96 Å². The van der Waals surface area contributed by atoms with E-state index in [0.29, 0.717) is 0 Å². The van der Waals surface area contributed by atoms with Crippen molar-refractivity contribution in [3.05, 3.63) is 0 Å². The Kier molecular flexibility index (Phi) is 5.17. The average molecular weight is 213 g/mol. The topological polar surface area (TPSA) is 3.24 Å². The van der Waals surface area contributed by atoms with E-state index in [1.165, 1.54) is 25.7 Å².